The van der Waals surface area contributed by atoms with Gasteiger partial charge in [0.1, 0.15) is 11.5 Å². The van der Waals surface area contributed by atoms with Crippen LogP contribution in [0.4, 0.5) is 5.95 Å². The molecule has 2 heterocycles. The van der Waals surface area contributed by atoms with Crippen LogP contribution in [-0.4, -0.2) is 29.0 Å². The summed E-state index contributed by atoms with van der Waals surface area (Å²) >= 11 is 0. The van der Waals surface area contributed by atoms with Gasteiger partial charge in [-0.2, -0.15) is 0 Å². The number of benzene rings is 2. The largest absolute Gasteiger partial charge is 0.457 e. The van der Waals surface area contributed by atoms with Crippen LogP contribution in [0.5, 0.6) is 11.5 Å². The van der Waals surface area contributed by atoms with E-state index in [1.165, 1.54) is 12.8 Å². The molecule has 142 valence electrons. The molecule has 1 saturated heterocycles. The topological polar surface area (TPSA) is 67.4 Å². The van der Waals surface area contributed by atoms with Crippen molar-refractivity contribution in [3.63, 3.8) is 0 Å². The third kappa shape index (κ3) is 4.46. The Morgan fingerprint density at radius 1 is 0.964 bits per heavy atom. The third-order valence-corrected chi connectivity index (χ3v) is 4.61. The Balaban J connectivity index is 1.34. The predicted molar refractivity (Wildman–Crippen MR) is 108 cm³/mol. The van der Waals surface area contributed by atoms with Crippen molar-refractivity contribution >= 4 is 11.9 Å². The molecule has 0 aliphatic carbocycles. The van der Waals surface area contributed by atoms with Crippen LogP contribution < -0.4 is 15.0 Å². The Labute approximate surface area is 164 Å². The number of nitrogens with one attached hydrogen (secondary N) is 1. The lowest BCUT2D eigenvalue weighted by Crippen LogP contribution is -2.25. The number of ether oxygens (including phenoxy) is 1. The van der Waals surface area contributed by atoms with E-state index in [0.717, 1.165) is 30.5 Å². The molecule has 4 rings (SSSR count). The minimum absolute atomic E-state index is 0.146. The van der Waals surface area contributed by atoms with E-state index in [-0.39, 0.29) is 5.91 Å². The first-order valence-electron chi connectivity index (χ1n) is 9.46. The number of para-hydroxylation sites is 1. The maximum Gasteiger partial charge on any atom is 0.251 e. The fourth-order valence-corrected chi connectivity index (χ4v) is 3.12. The van der Waals surface area contributed by atoms with Crippen molar-refractivity contribution < 1.29 is 9.53 Å². The van der Waals surface area contributed by atoms with Crippen molar-refractivity contribution in [3.8, 4) is 11.5 Å². The summed E-state index contributed by atoms with van der Waals surface area (Å²) in [6.07, 6.45) is 4.10. The minimum Gasteiger partial charge on any atom is -0.457 e. The van der Waals surface area contributed by atoms with Gasteiger partial charge in [0, 0.05) is 24.8 Å². The summed E-state index contributed by atoms with van der Waals surface area (Å²) in [7, 11) is 0. The van der Waals surface area contributed by atoms with E-state index in [1.54, 1.807) is 30.5 Å². The number of hydrogen-bond acceptors (Lipinski definition) is 5. The van der Waals surface area contributed by atoms with Gasteiger partial charge in [-0.15, -0.1) is 0 Å². The summed E-state index contributed by atoms with van der Waals surface area (Å²) in [5, 5.41) is 2.91. The predicted octanol–water partition coefficient (Wildman–Crippen LogP) is 3.80. The van der Waals surface area contributed by atoms with Crippen LogP contribution in [0.15, 0.2) is 66.9 Å². The highest BCUT2D eigenvalue weighted by atomic mass is 16.5. The molecule has 0 atom stereocenters. The monoisotopic (exact) mass is 374 g/mol. The molecule has 0 unspecified atom stereocenters. The normalized spacial score (nSPS) is 13.4. The van der Waals surface area contributed by atoms with Crippen molar-refractivity contribution in [2.75, 3.05) is 18.0 Å². The van der Waals surface area contributed by atoms with E-state index < -0.39 is 0 Å². The first-order chi connectivity index (χ1) is 13.8. The van der Waals surface area contributed by atoms with Crippen molar-refractivity contribution in [2.45, 2.75) is 19.4 Å². The molecule has 1 aliphatic rings. The van der Waals surface area contributed by atoms with Gasteiger partial charge in [0.05, 0.1) is 12.2 Å². The Morgan fingerprint density at radius 2 is 1.68 bits per heavy atom. The molecule has 1 fully saturated rings. The zero-order valence-electron chi connectivity index (χ0n) is 15.5. The molecule has 2 aromatic carbocycles. The van der Waals surface area contributed by atoms with Crippen LogP contribution in [-0.2, 0) is 6.54 Å². The summed E-state index contributed by atoms with van der Waals surface area (Å²) in [6.45, 7) is 2.35. The summed E-state index contributed by atoms with van der Waals surface area (Å²) in [5.74, 6) is 2.05. The minimum atomic E-state index is -0.146. The van der Waals surface area contributed by atoms with Gasteiger partial charge in [0.25, 0.3) is 5.91 Å². The zero-order valence-corrected chi connectivity index (χ0v) is 15.5. The van der Waals surface area contributed by atoms with Crippen LogP contribution in [0.1, 0.15) is 28.9 Å². The molecule has 1 amide bonds. The molecular weight excluding hydrogens is 352 g/mol. The highest BCUT2D eigenvalue weighted by molar-refractivity contribution is 5.94. The zero-order chi connectivity index (χ0) is 19.2. The van der Waals surface area contributed by atoms with Gasteiger partial charge in [-0.25, -0.2) is 9.97 Å². The quantitative estimate of drug-likeness (QED) is 0.711. The van der Waals surface area contributed by atoms with Gasteiger partial charge >= 0.3 is 0 Å². The van der Waals surface area contributed by atoms with E-state index in [1.807, 2.05) is 36.4 Å². The number of carbonyl (C=O) groups is 1. The maximum atomic E-state index is 12.4. The average Bonchev–Trinajstić information content (AvgIpc) is 3.29. The number of carbonyl (C=O) groups excluding carboxylic acids is 1. The molecule has 1 N–H and O–H groups in total. The first-order valence-corrected chi connectivity index (χ1v) is 9.46. The second kappa shape index (κ2) is 8.52. The maximum absolute atomic E-state index is 12.4. The van der Waals surface area contributed by atoms with Crippen LogP contribution in [0.25, 0.3) is 0 Å². The Morgan fingerprint density at radius 3 is 2.43 bits per heavy atom. The van der Waals surface area contributed by atoms with Gasteiger partial charge in [0.2, 0.25) is 5.95 Å². The van der Waals surface area contributed by atoms with Crippen molar-refractivity contribution in [2.24, 2.45) is 0 Å². The molecule has 0 saturated carbocycles. The molecule has 0 spiro atoms. The third-order valence-electron chi connectivity index (χ3n) is 4.61. The highest BCUT2D eigenvalue weighted by Crippen LogP contribution is 2.21. The van der Waals surface area contributed by atoms with Gasteiger partial charge in [-0.3, -0.25) is 4.79 Å². The lowest BCUT2D eigenvalue weighted by molar-refractivity contribution is 0.0950. The van der Waals surface area contributed by atoms with Gasteiger partial charge in [-0.1, -0.05) is 18.2 Å². The van der Waals surface area contributed by atoms with E-state index >= 15 is 0 Å². The van der Waals surface area contributed by atoms with Crippen LogP contribution >= 0.6 is 0 Å². The lowest BCUT2D eigenvalue weighted by atomic mass is 10.2. The number of amides is 1. The van der Waals surface area contributed by atoms with Crippen molar-refractivity contribution in [1.29, 1.82) is 0 Å². The van der Waals surface area contributed by atoms with Crippen LogP contribution in [0, 0.1) is 0 Å². The smallest absolute Gasteiger partial charge is 0.251 e. The molecule has 1 aliphatic heterocycles. The molecule has 28 heavy (non-hydrogen) atoms. The van der Waals surface area contributed by atoms with Crippen LogP contribution in [0.2, 0.25) is 0 Å². The molecule has 0 bridgehead atoms. The molecule has 0 radical (unpaired) electrons. The molecule has 3 aromatic rings. The number of hydrogen-bond donors (Lipinski definition) is 1. The highest BCUT2D eigenvalue weighted by Gasteiger charge is 2.15. The molecule has 6 nitrogen and oxygen atoms in total. The summed E-state index contributed by atoms with van der Waals surface area (Å²) in [6, 6.07) is 18.5. The van der Waals surface area contributed by atoms with Crippen molar-refractivity contribution in [1.82, 2.24) is 15.3 Å². The molecule has 6 heteroatoms. The molecule has 1 aromatic heterocycles. The van der Waals surface area contributed by atoms with Gasteiger partial charge < -0.3 is 15.0 Å². The number of nitrogens with zero attached hydrogens (tertiary/aromatic N) is 3. The second-order valence-electron chi connectivity index (χ2n) is 6.66. The lowest BCUT2D eigenvalue weighted by Gasteiger charge is -2.15. The SMILES string of the molecule is O=C(NCc1ccnc(N2CCCC2)n1)c1ccc(Oc2ccccc2)cc1. The average molecular weight is 374 g/mol. The molecular formula is C22H22N4O2. The van der Waals surface area contributed by atoms with E-state index in [9.17, 15) is 4.79 Å². The summed E-state index contributed by atoms with van der Waals surface area (Å²) in [4.78, 5) is 23.5. The number of rotatable bonds is 6. The first kappa shape index (κ1) is 18.0. The fourth-order valence-electron chi connectivity index (χ4n) is 3.12. The van der Waals surface area contributed by atoms with E-state index in [2.05, 4.69) is 20.2 Å². The van der Waals surface area contributed by atoms with Gasteiger partial charge in [-0.05, 0) is 55.3 Å². The Kier molecular flexibility index (Phi) is 5.47. The van der Waals surface area contributed by atoms with Gasteiger partial charge in [0.15, 0.2) is 0 Å². The summed E-state index contributed by atoms with van der Waals surface area (Å²) < 4.78 is 5.75. The number of anilines is 1. The van der Waals surface area contributed by atoms with Crippen molar-refractivity contribution in [3.05, 3.63) is 78.1 Å². The van der Waals surface area contributed by atoms with E-state index in [4.69, 9.17) is 4.74 Å². The standard InChI is InChI=1S/C22H22N4O2/c27-21(17-8-10-20(11-9-17)28-19-6-2-1-3-7-19)24-16-18-12-13-23-22(25-18)26-14-4-5-15-26/h1-3,6-13H,4-5,14-16H2,(H,24,27). The van der Waals surface area contributed by atoms with Crippen LogP contribution in [0.3, 0.4) is 0 Å². The Hall–Kier alpha value is -3.41. The number of aromatic nitrogens is 2. The fraction of sp³-hybridized carbons (Fsp3) is 0.227. The Bertz CT molecular complexity index is 923. The van der Waals surface area contributed by atoms with E-state index in [0.29, 0.717) is 17.9 Å². The second-order valence-corrected chi connectivity index (χ2v) is 6.66. The summed E-state index contributed by atoms with van der Waals surface area (Å²) in [5.41, 5.74) is 1.38.